The summed E-state index contributed by atoms with van der Waals surface area (Å²) in [6.07, 6.45) is -3.36. The first kappa shape index (κ1) is 25.9. The van der Waals surface area contributed by atoms with Crippen molar-refractivity contribution in [1.29, 1.82) is 0 Å². The molecule has 6 atom stereocenters. The van der Waals surface area contributed by atoms with Crippen LogP contribution in [-0.4, -0.2) is 79.8 Å². The van der Waals surface area contributed by atoms with E-state index in [0.717, 1.165) is 17.6 Å². The number of rotatable bonds is 8. The van der Waals surface area contributed by atoms with Crippen LogP contribution < -0.4 is 10.3 Å². The minimum absolute atomic E-state index is 0.00601. The van der Waals surface area contributed by atoms with E-state index in [4.69, 9.17) is 19.4 Å². The third-order valence-corrected chi connectivity index (χ3v) is 8.07. The predicted octanol–water partition coefficient (Wildman–Crippen LogP) is -2.61. The molecule has 0 amide bonds. The Hall–Kier alpha value is -0.311. The zero-order valence-corrected chi connectivity index (χ0v) is 19.1. The molecule has 6 N–H and O–H groups in total. The number of hydrogen-bond acceptors (Lipinski definition) is 11. The number of phosphoric acid groups is 3. The van der Waals surface area contributed by atoms with Crippen LogP contribution in [-0.2, 0) is 31.6 Å². The van der Waals surface area contributed by atoms with Crippen LogP contribution >= 0.6 is 23.5 Å². The predicted molar refractivity (Wildman–Crippen MR) is 94.2 cm³/mol. The van der Waals surface area contributed by atoms with E-state index in [1.54, 1.807) is 0 Å². The number of phosphoric ester groups is 1. The van der Waals surface area contributed by atoms with Gasteiger partial charge in [0.25, 0.3) is 0 Å². The molecule has 0 spiro atoms. The molecule has 1 aliphatic rings. The zero-order chi connectivity index (χ0) is 23.1. The Morgan fingerprint density at radius 3 is 2.37 bits per heavy atom. The summed E-state index contributed by atoms with van der Waals surface area (Å²) in [7, 11) is -16.7. The summed E-state index contributed by atoms with van der Waals surface area (Å²) in [5, 5.41) is 20.8. The molecule has 1 saturated heterocycles. The van der Waals surface area contributed by atoms with Gasteiger partial charge in [-0.2, -0.15) is 0 Å². The third kappa shape index (κ3) is 6.59. The van der Waals surface area contributed by atoms with E-state index in [1.165, 1.54) is 6.20 Å². The fourth-order valence-electron chi connectivity index (χ4n) is 2.42. The topological polar surface area (TPSA) is 244 Å². The van der Waals surface area contributed by atoms with E-state index in [9.17, 15) is 33.6 Å². The van der Waals surface area contributed by atoms with Gasteiger partial charge >= 0.3 is 161 Å². The SMILES string of the molecule is CC1(O)[C@@H](O)[C@@H](COP(=O)(O)OP(=O)(O)OP(=O)(O)O)O[C@H]1n1ccc(=O)nc1[Se]. The molecule has 16 nitrogen and oxygen atoms in total. The van der Waals surface area contributed by atoms with Gasteiger partial charge in [0.05, 0.1) is 0 Å². The van der Waals surface area contributed by atoms with Gasteiger partial charge in [-0.25, -0.2) is 4.57 Å². The number of ether oxygens (including phenoxy) is 1. The van der Waals surface area contributed by atoms with Crippen molar-refractivity contribution in [2.75, 3.05) is 6.61 Å². The first-order chi connectivity index (χ1) is 13.4. The normalized spacial score (nSPS) is 31.2. The fraction of sp³-hybridized carbons (Fsp3) is 0.600. The van der Waals surface area contributed by atoms with Crippen LogP contribution in [0.25, 0.3) is 0 Å². The van der Waals surface area contributed by atoms with E-state index in [0.29, 0.717) is 0 Å². The van der Waals surface area contributed by atoms with E-state index in [-0.39, 0.29) is 4.72 Å². The molecule has 1 radical (unpaired) electrons. The van der Waals surface area contributed by atoms with Crippen molar-refractivity contribution in [3.05, 3.63) is 22.6 Å². The van der Waals surface area contributed by atoms with E-state index in [2.05, 4.69) is 34.1 Å². The number of aromatic nitrogens is 2. The Bertz CT molecular complexity index is 992. The Balaban J connectivity index is 2.12. The average Bonchev–Trinajstić information content (AvgIpc) is 2.73. The van der Waals surface area contributed by atoms with Crippen LogP contribution in [0.1, 0.15) is 13.2 Å². The van der Waals surface area contributed by atoms with Gasteiger partial charge in [-0.3, -0.25) is 0 Å². The molecule has 1 aromatic heterocycles. The van der Waals surface area contributed by atoms with Crippen molar-refractivity contribution < 1.29 is 61.4 Å². The van der Waals surface area contributed by atoms with Crippen LogP contribution in [0, 0.1) is 0 Å². The van der Waals surface area contributed by atoms with E-state index < -0.39 is 59.7 Å². The second kappa shape index (κ2) is 8.91. The molecule has 1 aromatic rings. The van der Waals surface area contributed by atoms with Gasteiger partial charge in [0, 0.05) is 0 Å². The van der Waals surface area contributed by atoms with Crippen LogP contribution in [0.2, 0.25) is 0 Å². The molecule has 0 aliphatic carbocycles. The summed E-state index contributed by atoms with van der Waals surface area (Å²) in [4.78, 5) is 50.4. The maximum absolute atomic E-state index is 11.8. The summed E-state index contributed by atoms with van der Waals surface area (Å²) >= 11 is 2.46. The number of hydrogen-bond donors (Lipinski definition) is 6. The maximum atomic E-state index is 11.8. The quantitative estimate of drug-likeness (QED) is 0.141. The van der Waals surface area contributed by atoms with Crippen molar-refractivity contribution in [1.82, 2.24) is 9.55 Å². The first-order valence-electron chi connectivity index (χ1n) is 7.54. The molecule has 1 fully saturated rings. The van der Waals surface area contributed by atoms with Crippen molar-refractivity contribution in [3.8, 4) is 0 Å². The second-order valence-electron chi connectivity index (χ2n) is 6.04. The van der Waals surface area contributed by atoms with Crippen molar-refractivity contribution in [3.63, 3.8) is 0 Å². The van der Waals surface area contributed by atoms with Gasteiger partial charge < -0.3 is 9.79 Å². The van der Waals surface area contributed by atoms with E-state index in [1.807, 2.05) is 0 Å². The summed E-state index contributed by atoms with van der Waals surface area (Å²) in [6.45, 7) is 0.179. The van der Waals surface area contributed by atoms with Gasteiger partial charge in [0.2, 0.25) is 0 Å². The minimum atomic E-state index is -5.71. The monoisotopic (exact) mass is 561 g/mol. The Kier molecular flexibility index (Phi) is 7.70. The van der Waals surface area contributed by atoms with Crippen molar-refractivity contribution >= 4 is 44.2 Å². The van der Waals surface area contributed by atoms with Crippen LogP contribution in [0.3, 0.4) is 0 Å². The van der Waals surface area contributed by atoms with Gasteiger partial charge in [-0.05, 0) is 0 Å². The fourth-order valence-corrected chi connectivity index (χ4v) is 5.97. The number of nitrogens with zero attached hydrogens (tertiary/aromatic N) is 2. The van der Waals surface area contributed by atoms with Crippen molar-refractivity contribution in [2.24, 2.45) is 0 Å². The number of aliphatic hydroxyl groups excluding tert-OH is 1. The van der Waals surface area contributed by atoms with Crippen LogP contribution in [0.15, 0.2) is 17.1 Å². The van der Waals surface area contributed by atoms with Gasteiger partial charge in [-0.15, -0.1) is 0 Å². The molecule has 2 rings (SSSR count). The van der Waals surface area contributed by atoms with Crippen molar-refractivity contribution in [2.45, 2.75) is 31.0 Å². The zero-order valence-electron chi connectivity index (χ0n) is 14.7. The summed E-state index contributed by atoms with van der Waals surface area (Å²) in [5.74, 6) is 0. The molecule has 20 heteroatoms. The van der Waals surface area contributed by atoms with Gasteiger partial charge in [0.1, 0.15) is 0 Å². The molecule has 30 heavy (non-hydrogen) atoms. The molecule has 0 bridgehead atoms. The molecule has 0 aromatic carbocycles. The molecule has 1 aliphatic heterocycles. The summed E-state index contributed by atoms with van der Waals surface area (Å²) in [6, 6.07) is 1.05. The Labute approximate surface area is 175 Å². The second-order valence-corrected chi connectivity index (χ2v) is 11.2. The van der Waals surface area contributed by atoms with Crippen LogP contribution in [0.4, 0.5) is 0 Å². The Morgan fingerprint density at radius 1 is 1.23 bits per heavy atom. The standard InChI is InChI=1S/C10H16N2O14P3Se/c1-10(15)7(14)5(24-8(10)12-3-2-6(13)11-9(12)30)4-23-28(19,20)26-29(21,22)25-27(16,17)18/h2-3,5,7-8,14-15H,4H2,1H3,(H,19,20)(H,21,22)(H2,16,17,18)/t5-,7+,8-,10?/m1/s1. The van der Waals surface area contributed by atoms with E-state index >= 15 is 0 Å². The van der Waals surface area contributed by atoms with Gasteiger partial charge in [-0.1, -0.05) is 0 Å². The van der Waals surface area contributed by atoms with Crippen LogP contribution in [0.5, 0.6) is 0 Å². The Morgan fingerprint density at radius 2 is 1.83 bits per heavy atom. The summed E-state index contributed by atoms with van der Waals surface area (Å²) < 4.78 is 51.8. The molecule has 0 saturated carbocycles. The molecule has 3 unspecified atom stereocenters. The molecule has 171 valence electrons. The molecular weight excluding hydrogens is 544 g/mol. The molecular formula is C10H16N2O14P3Se. The number of aliphatic hydroxyl groups is 2. The molecule has 2 heterocycles. The summed E-state index contributed by atoms with van der Waals surface area (Å²) in [5.41, 5.74) is -2.61. The average molecular weight is 560 g/mol. The van der Waals surface area contributed by atoms with Gasteiger partial charge in [0.15, 0.2) is 0 Å². The first-order valence-corrected chi connectivity index (χ1v) is 12.9. The third-order valence-electron chi connectivity index (χ3n) is 3.63.